The first kappa shape index (κ1) is 20.6. The Morgan fingerprint density at radius 1 is 1.21 bits per heavy atom. The number of rotatable bonds is 3. The maximum atomic E-state index is 12.6. The molecule has 8 heteroatoms. The molecule has 2 heterocycles. The third-order valence-electron chi connectivity index (χ3n) is 4.39. The second-order valence-corrected chi connectivity index (χ2v) is 9.07. The number of hydrogen-bond donors (Lipinski definition) is 1. The van der Waals surface area contributed by atoms with Gasteiger partial charge in [0.25, 0.3) is 0 Å². The quantitative estimate of drug-likeness (QED) is 0.752. The highest BCUT2D eigenvalue weighted by molar-refractivity contribution is 7.14. The molecule has 1 aliphatic rings. The van der Waals surface area contributed by atoms with Gasteiger partial charge in [0.1, 0.15) is 5.60 Å². The SMILES string of the molecule is CC(C)(C)OC(=O)N1CCC(C(=O)Nc2nc(-c3ccc(Cl)cc3)cs2)CC1. The molecule has 1 aromatic carbocycles. The third-order valence-corrected chi connectivity index (χ3v) is 5.40. The van der Waals surface area contributed by atoms with Crippen LogP contribution in [0.1, 0.15) is 33.6 Å². The van der Waals surface area contributed by atoms with Crippen LogP contribution in [0.15, 0.2) is 29.6 Å². The molecule has 1 aromatic heterocycles. The van der Waals surface area contributed by atoms with E-state index in [0.717, 1.165) is 11.3 Å². The molecule has 2 amide bonds. The van der Waals surface area contributed by atoms with E-state index in [1.807, 2.05) is 50.4 Å². The van der Waals surface area contributed by atoms with Gasteiger partial charge in [0.15, 0.2) is 5.13 Å². The number of anilines is 1. The molecule has 3 rings (SSSR count). The Hall–Kier alpha value is -2.12. The van der Waals surface area contributed by atoms with E-state index in [9.17, 15) is 9.59 Å². The molecule has 1 aliphatic heterocycles. The van der Waals surface area contributed by atoms with E-state index in [4.69, 9.17) is 16.3 Å². The van der Waals surface area contributed by atoms with Crippen molar-refractivity contribution in [2.75, 3.05) is 18.4 Å². The van der Waals surface area contributed by atoms with Crippen molar-refractivity contribution in [2.24, 2.45) is 5.92 Å². The molecular formula is C20H24ClN3O3S. The van der Waals surface area contributed by atoms with Crippen LogP contribution >= 0.6 is 22.9 Å². The van der Waals surface area contributed by atoms with E-state index in [1.54, 1.807) is 4.90 Å². The summed E-state index contributed by atoms with van der Waals surface area (Å²) in [5.74, 6) is -0.192. The molecule has 1 N–H and O–H groups in total. The summed E-state index contributed by atoms with van der Waals surface area (Å²) < 4.78 is 5.39. The summed E-state index contributed by atoms with van der Waals surface area (Å²) in [6.45, 7) is 6.56. The van der Waals surface area contributed by atoms with Crippen LogP contribution in [0.25, 0.3) is 11.3 Å². The van der Waals surface area contributed by atoms with E-state index in [-0.39, 0.29) is 17.9 Å². The van der Waals surface area contributed by atoms with Crippen molar-refractivity contribution in [1.29, 1.82) is 0 Å². The number of nitrogens with zero attached hydrogens (tertiary/aromatic N) is 2. The van der Waals surface area contributed by atoms with Gasteiger partial charge in [-0.25, -0.2) is 9.78 Å². The van der Waals surface area contributed by atoms with Crippen LogP contribution < -0.4 is 5.32 Å². The number of carbonyl (C=O) groups is 2. The Balaban J connectivity index is 1.52. The van der Waals surface area contributed by atoms with E-state index < -0.39 is 5.60 Å². The van der Waals surface area contributed by atoms with Crippen LogP contribution in [0.4, 0.5) is 9.93 Å². The molecule has 0 saturated carbocycles. The lowest BCUT2D eigenvalue weighted by Crippen LogP contribution is -2.43. The normalized spacial score (nSPS) is 15.4. The fourth-order valence-electron chi connectivity index (χ4n) is 2.94. The molecule has 0 spiro atoms. The van der Waals surface area contributed by atoms with Gasteiger partial charge in [0.05, 0.1) is 5.69 Å². The molecule has 28 heavy (non-hydrogen) atoms. The van der Waals surface area contributed by atoms with Crippen molar-refractivity contribution in [3.05, 3.63) is 34.7 Å². The number of amides is 2. The zero-order chi connectivity index (χ0) is 20.3. The number of hydrogen-bond acceptors (Lipinski definition) is 5. The Bertz CT molecular complexity index is 837. The van der Waals surface area contributed by atoms with Crippen molar-refractivity contribution >= 4 is 40.1 Å². The van der Waals surface area contributed by atoms with E-state index in [2.05, 4.69) is 10.3 Å². The van der Waals surface area contributed by atoms with Crippen molar-refractivity contribution in [2.45, 2.75) is 39.2 Å². The largest absolute Gasteiger partial charge is 0.444 e. The van der Waals surface area contributed by atoms with Crippen LogP contribution in [0.2, 0.25) is 5.02 Å². The molecule has 0 aliphatic carbocycles. The number of carbonyl (C=O) groups excluding carboxylic acids is 2. The minimum atomic E-state index is -0.516. The zero-order valence-corrected chi connectivity index (χ0v) is 17.8. The lowest BCUT2D eigenvalue weighted by Gasteiger charge is -2.32. The molecule has 0 atom stereocenters. The Labute approximate surface area is 173 Å². The highest BCUT2D eigenvalue weighted by atomic mass is 35.5. The predicted octanol–water partition coefficient (Wildman–Crippen LogP) is 5.05. The summed E-state index contributed by atoms with van der Waals surface area (Å²) in [4.78, 5) is 30.8. The number of halogens is 1. The van der Waals surface area contributed by atoms with Crippen LogP contribution in [-0.4, -0.2) is 40.6 Å². The van der Waals surface area contributed by atoms with E-state index >= 15 is 0 Å². The zero-order valence-electron chi connectivity index (χ0n) is 16.2. The first-order valence-corrected chi connectivity index (χ1v) is 10.5. The summed E-state index contributed by atoms with van der Waals surface area (Å²) in [5.41, 5.74) is 1.24. The van der Waals surface area contributed by atoms with Gasteiger partial charge in [-0.2, -0.15) is 0 Å². The summed E-state index contributed by atoms with van der Waals surface area (Å²) >= 11 is 7.31. The van der Waals surface area contributed by atoms with Gasteiger partial charge < -0.3 is 15.0 Å². The number of benzene rings is 1. The highest BCUT2D eigenvalue weighted by Crippen LogP contribution is 2.27. The second-order valence-electron chi connectivity index (χ2n) is 7.78. The lowest BCUT2D eigenvalue weighted by atomic mass is 9.96. The van der Waals surface area contributed by atoms with Gasteiger partial charge in [-0.15, -0.1) is 11.3 Å². The van der Waals surface area contributed by atoms with Crippen LogP contribution in [-0.2, 0) is 9.53 Å². The topological polar surface area (TPSA) is 71.5 Å². The number of ether oxygens (including phenoxy) is 1. The number of thiazole rings is 1. The van der Waals surface area contributed by atoms with E-state index in [1.165, 1.54) is 11.3 Å². The Morgan fingerprint density at radius 2 is 1.86 bits per heavy atom. The number of aromatic nitrogens is 1. The van der Waals surface area contributed by atoms with Gasteiger partial charge in [-0.1, -0.05) is 23.7 Å². The van der Waals surface area contributed by atoms with Gasteiger partial charge in [0.2, 0.25) is 5.91 Å². The van der Waals surface area contributed by atoms with Gasteiger partial charge in [0, 0.05) is 35.0 Å². The molecule has 1 saturated heterocycles. The van der Waals surface area contributed by atoms with Gasteiger partial charge >= 0.3 is 6.09 Å². The Kier molecular flexibility index (Phi) is 6.25. The number of likely N-dealkylation sites (tertiary alicyclic amines) is 1. The Morgan fingerprint density at radius 3 is 2.46 bits per heavy atom. The van der Waals surface area contributed by atoms with Crippen LogP contribution in [0.3, 0.4) is 0 Å². The molecule has 150 valence electrons. The lowest BCUT2D eigenvalue weighted by molar-refractivity contribution is -0.121. The second kappa shape index (κ2) is 8.49. The standard InChI is InChI=1S/C20H24ClN3O3S/c1-20(2,3)27-19(26)24-10-8-14(9-11-24)17(25)23-18-22-16(12-28-18)13-4-6-15(21)7-5-13/h4-7,12,14H,8-11H2,1-3H3,(H,22,23,25). The fraction of sp³-hybridized carbons (Fsp3) is 0.450. The van der Waals surface area contributed by atoms with Gasteiger partial charge in [-0.3, -0.25) is 4.79 Å². The molecule has 2 aromatic rings. The maximum absolute atomic E-state index is 12.6. The molecular weight excluding hydrogens is 398 g/mol. The minimum Gasteiger partial charge on any atom is -0.444 e. The maximum Gasteiger partial charge on any atom is 0.410 e. The highest BCUT2D eigenvalue weighted by Gasteiger charge is 2.30. The van der Waals surface area contributed by atoms with E-state index in [0.29, 0.717) is 36.1 Å². The number of nitrogens with one attached hydrogen (secondary N) is 1. The van der Waals surface area contributed by atoms with Crippen LogP contribution in [0, 0.1) is 5.92 Å². The summed E-state index contributed by atoms with van der Waals surface area (Å²) in [6, 6.07) is 7.42. The molecule has 6 nitrogen and oxygen atoms in total. The van der Waals surface area contributed by atoms with Crippen molar-refractivity contribution < 1.29 is 14.3 Å². The molecule has 0 unspecified atom stereocenters. The summed E-state index contributed by atoms with van der Waals surface area (Å²) in [5, 5.41) is 6.06. The fourth-order valence-corrected chi connectivity index (χ4v) is 3.79. The van der Waals surface area contributed by atoms with Crippen molar-refractivity contribution in [3.63, 3.8) is 0 Å². The average molecular weight is 422 g/mol. The van der Waals surface area contributed by atoms with Crippen LogP contribution in [0.5, 0.6) is 0 Å². The minimum absolute atomic E-state index is 0.0548. The van der Waals surface area contributed by atoms with Crippen molar-refractivity contribution in [1.82, 2.24) is 9.88 Å². The van der Waals surface area contributed by atoms with Crippen molar-refractivity contribution in [3.8, 4) is 11.3 Å². The molecule has 1 fully saturated rings. The molecule has 0 bridgehead atoms. The smallest absolute Gasteiger partial charge is 0.410 e. The average Bonchev–Trinajstić information content (AvgIpc) is 3.09. The number of piperidine rings is 1. The summed E-state index contributed by atoms with van der Waals surface area (Å²) in [7, 11) is 0. The first-order chi connectivity index (χ1) is 13.2. The monoisotopic (exact) mass is 421 g/mol. The predicted molar refractivity (Wildman–Crippen MR) is 112 cm³/mol. The third kappa shape index (κ3) is 5.45. The first-order valence-electron chi connectivity index (χ1n) is 9.21. The summed E-state index contributed by atoms with van der Waals surface area (Å²) in [6.07, 6.45) is 0.903. The molecule has 0 radical (unpaired) electrons. The van der Waals surface area contributed by atoms with Gasteiger partial charge in [-0.05, 0) is 45.7 Å².